The second-order valence-corrected chi connectivity index (χ2v) is 8.42. The Morgan fingerprint density at radius 3 is 2.62 bits per heavy atom. The minimum atomic E-state index is -0.161. The Morgan fingerprint density at radius 1 is 1.16 bits per heavy atom. The quantitative estimate of drug-likeness (QED) is 0.367. The maximum atomic E-state index is 12.7. The standard InChI is InChI=1S/C25H25N3O3S/c1-16(26)21-9-6-19(14-23(21)29)28-11-12-31-24-13-18(5-10-22(24)28)25(30)27-15-17-3-7-20(32-2)8-4-17/h3-10,13-14,26,29H,11-12,15H2,1-2H3,(H,27,30). The predicted molar refractivity (Wildman–Crippen MR) is 129 cm³/mol. The second-order valence-electron chi connectivity index (χ2n) is 7.54. The number of amides is 1. The zero-order valence-corrected chi connectivity index (χ0v) is 18.8. The third-order valence-electron chi connectivity index (χ3n) is 5.39. The summed E-state index contributed by atoms with van der Waals surface area (Å²) in [6.45, 7) is 3.18. The van der Waals surface area contributed by atoms with Gasteiger partial charge >= 0.3 is 0 Å². The van der Waals surface area contributed by atoms with Crippen LogP contribution in [0.5, 0.6) is 11.5 Å². The molecule has 1 amide bonds. The van der Waals surface area contributed by atoms with E-state index in [1.807, 2.05) is 47.6 Å². The molecule has 0 saturated carbocycles. The Bertz CT molecular complexity index is 1160. The summed E-state index contributed by atoms with van der Waals surface area (Å²) in [5.74, 6) is 0.538. The molecule has 3 N–H and O–H groups in total. The number of aromatic hydroxyl groups is 1. The largest absolute Gasteiger partial charge is 0.507 e. The maximum absolute atomic E-state index is 12.7. The minimum absolute atomic E-state index is 0.0737. The third kappa shape index (κ3) is 4.57. The Hall–Kier alpha value is -3.45. The average molecular weight is 448 g/mol. The highest BCUT2D eigenvalue weighted by Crippen LogP contribution is 2.38. The molecule has 4 rings (SSSR count). The van der Waals surface area contributed by atoms with Crippen LogP contribution in [0.25, 0.3) is 0 Å². The Balaban J connectivity index is 1.50. The lowest BCUT2D eigenvalue weighted by Gasteiger charge is -2.31. The van der Waals surface area contributed by atoms with Crippen molar-refractivity contribution < 1.29 is 14.6 Å². The van der Waals surface area contributed by atoms with Gasteiger partial charge in [-0.25, -0.2) is 0 Å². The lowest BCUT2D eigenvalue weighted by molar-refractivity contribution is 0.0950. The first kappa shape index (κ1) is 21.8. The summed E-state index contributed by atoms with van der Waals surface area (Å²) in [5.41, 5.74) is 4.04. The molecule has 7 heteroatoms. The van der Waals surface area contributed by atoms with Gasteiger partial charge in [0.1, 0.15) is 18.1 Å². The molecule has 0 bridgehead atoms. The van der Waals surface area contributed by atoms with Crippen molar-refractivity contribution in [2.75, 3.05) is 24.3 Å². The Labute approximate surface area is 191 Å². The van der Waals surface area contributed by atoms with Crippen LogP contribution in [0.15, 0.2) is 65.6 Å². The molecule has 1 aliphatic rings. The van der Waals surface area contributed by atoms with E-state index in [-0.39, 0.29) is 11.7 Å². The summed E-state index contributed by atoms with van der Waals surface area (Å²) >= 11 is 1.68. The summed E-state index contributed by atoms with van der Waals surface area (Å²) in [7, 11) is 0. The van der Waals surface area contributed by atoms with Gasteiger partial charge in [0.25, 0.3) is 5.91 Å². The van der Waals surface area contributed by atoms with Gasteiger partial charge in [-0.3, -0.25) is 4.79 Å². The molecule has 0 spiro atoms. The van der Waals surface area contributed by atoms with Crippen LogP contribution in [0.2, 0.25) is 0 Å². The van der Waals surface area contributed by atoms with E-state index in [9.17, 15) is 9.90 Å². The highest BCUT2D eigenvalue weighted by atomic mass is 32.2. The van der Waals surface area contributed by atoms with Crippen molar-refractivity contribution in [3.8, 4) is 11.5 Å². The number of nitrogens with one attached hydrogen (secondary N) is 2. The maximum Gasteiger partial charge on any atom is 0.251 e. The number of carbonyl (C=O) groups is 1. The summed E-state index contributed by atoms with van der Waals surface area (Å²) in [5, 5.41) is 21.0. The zero-order valence-electron chi connectivity index (χ0n) is 18.0. The van der Waals surface area contributed by atoms with Crippen LogP contribution >= 0.6 is 11.8 Å². The molecule has 0 atom stereocenters. The number of phenols is 1. The number of rotatable bonds is 6. The minimum Gasteiger partial charge on any atom is -0.507 e. The van der Waals surface area contributed by atoms with Crippen molar-refractivity contribution in [3.05, 3.63) is 77.4 Å². The number of hydrogen-bond donors (Lipinski definition) is 3. The fourth-order valence-corrected chi connectivity index (χ4v) is 4.07. The van der Waals surface area contributed by atoms with Crippen LogP contribution in [0.1, 0.15) is 28.4 Å². The van der Waals surface area contributed by atoms with E-state index in [1.54, 1.807) is 43.0 Å². The molecule has 1 aliphatic heterocycles. The van der Waals surface area contributed by atoms with Crippen LogP contribution in [-0.2, 0) is 6.54 Å². The molecular formula is C25H25N3O3S. The van der Waals surface area contributed by atoms with Crippen molar-refractivity contribution in [1.29, 1.82) is 5.41 Å². The normalized spacial score (nSPS) is 12.6. The number of hydrogen-bond acceptors (Lipinski definition) is 6. The molecule has 3 aromatic carbocycles. The van der Waals surface area contributed by atoms with E-state index in [4.69, 9.17) is 10.1 Å². The lowest BCUT2D eigenvalue weighted by Crippen LogP contribution is -2.29. The SMILES string of the molecule is CSc1ccc(CNC(=O)c2ccc3c(c2)OCCN3c2ccc(C(C)=N)c(O)c2)cc1. The van der Waals surface area contributed by atoms with Crippen LogP contribution in [0, 0.1) is 5.41 Å². The molecule has 0 aliphatic carbocycles. The van der Waals surface area contributed by atoms with E-state index in [2.05, 4.69) is 5.32 Å². The monoisotopic (exact) mass is 447 g/mol. The highest BCUT2D eigenvalue weighted by Gasteiger charge is 2.22. The van der Waals surface area contributed by atoms with Gasteiger partial charge in [0, 0.05) is 40.0 Å². The fourth-order valence-electron chi connectivity index (χ4n) is 3.66. The lowest BCUT2D eigenvalue weighted by atomic mass is 10.1. The molecule has 0 fully saturated rings. The van der Waals surface area contributed by atoms with Crippen LogP contribution in [-0.4, -0.2) is 36.1 Å². The molecule has 3 aromatic rings. The molecule has 164 valence electrons. The number of carbonyl (C=O) groups excluding carboxylic acids is 1. The van der Waals surface area contributed by atoms with Crippen molar-refractivity contribution in [1.82, 2.24) is 5.32 Å². The van der Waals surface area contributed by atoms with Gasteiger partial charge in [0.15, 0.2) is 0 Å². The number of benzene rings is 3. The van der Waals surface area contributed by atoms with Crippen molar-refractivity contribution in [2.24, 2.45) is 0 Å². The van der Waals surface area contributed by atoms with Gasteiger partial charge in [-0.2, -0.15) is 0 Å². The summed E-state index contributed by atoms with van der Waals surface area (Å²) in [6.07, 6.45) is 2.03. The number of ether oxygens (including phenoxy) is 1. The van der Waals surface area contributed by atoms with Crippen molar-refractivity contribution in [2.45, 2.75) is 18.4 Å². The molecule has 0 aromatic heterocycles. The van der Waals surface area contributed by atoms with Gasteiger partial charge in [-0.1, -0.05) is 12.1 Å². The summed E-state index contributed by atoms with van der Waals surface area (Å²) in [6, 6.07) is 18.8. The number of nitrogens with zero attached hydrogens (tertiary/aromatic N) is 1. The number of anilines is 2. The summed E-state index contributed by atoms with van der Waals surface area (Å²) in [4.78, 5) is 15.9. The average Bonchev–Trinajstić information content (AvgIpc) is 2.81. The molecule has 0 radical (unpaired) electrons. The first-order chi connectivity index (χ1) is 15.5. The number of fused-ring (bicyclic) bond motifs is 1. The van der Waals surface area contributed by atoms with E-state index in [1.165, 1.54) is 4.90 Å². The van der Waals surface area contributed by atoms with Gasteiger partial charge < -0.3 is 25.5 Å². The first-order valence-corrected chi connectivity index (χ1v) is 11.5. The second kappa shape index (κ2) is 9.36. The molecule has 0 saturated heterocycles. The van der Waals surface area contributed by atoms with E-state index in [0.29, 0.717) is 42.3 Å². The van der Waals surface area contributed by atoms with Crippen LogP contribution < -0.4 is 15.0 Å². The van der Waals surface area contributed by atoms with Crippen LogP contribution in [0.3, 0.4) is 0 Å². The zero-order chi connectivity index (χ0) is 22.7. The molecule has 1 heterocycles. The van der Waals surface area contributed by atoms with E-state index in [0.717, 1.165) is 16.9 Å². The fraction of sp³-hybridized carbons (Fsp3) is 0.200. The number of thioether (sulfide) groups is 1. The summed E-state index contributed by atoms with van der Waals surface area (Å²) < 4.78 is 5.83. The highest BCUT2D eigenvalue weighted by molar-refractivity contribution is 7.98. The van der Waals surface area contributed by atoms with E-state index >= 15 is 0 Å². The number of phenolic OH excluding ortho intramolecular Hbond substituents is 1. The third-order valence-corrected chi connectivity index (χ3v) is 6.14. The molecular weight excluding hydrogens is 422 g/mol. The van der Waals surface area contributed by atoms with Crippen molar-refractivity contribution >= 4 is 34.8 Å². The Kier molecular flexibility index (Phi) is 6.37. The first-order valence-electron chi connectivity index (χ1n) is 10.3. The predicted octanol–water partition coefficient (Wildman–Crippen LogP) is 4.96. The van der Waals surface area contributed by atoms with E-state index < -0.39 is 0 Å². The van der Waals surface area contributed by atoms with Gasteiger partial charge in [0.2, 0.25) is 0 Å². The molecule has 32 heavy (non-hydrogen) atoms. The Morgan fingerprint density at radius 2 is 1.94 bits per heavy atom. The van der Waals surface area contributed by atoms with Crippen molar-refractivity contribution in [3.63, 3.8) is 0 Å². The molecule has 6 nitrogen and oxygen atoms in total. The van der Waals surface area contributed by atoms with Gasteiger partial charge in [-0.05, 0) is 61.2 Å². The topological polar surface area (TPSA) is 85.7 Å². The molecule has 0 unspecified atom stereocenters. The van der Waals surface area contributed by atoms with Gasteiger partial charge in [-0.15, -0.1) is 11.8 Å². The van der Waals surface area contributed by atoms with Gasteiger partial charge in [0.05, 0.1) is 12.2 Å². The smallest absolute Gasteiger partial charge is 0.251 e. The van der Waals surface area contributed by atoms with Crippen LogP contribution in [0.4, 0.5) is 11.4 Å².